The molecule has 1 amide bonds. The van der Waals surface area contributed by atoms with E-state index >= 15 is 0 Å². The Morgan fingerprint density at radius 1 is 1.43 bits per heavy atom. The van der Waals surface area contributed by atoms with Gasteiger partial charge < -0.3 is 19.8 Å². The van der Waals surface area contributed by atoms with Crippen LogP contribution >= 0.6 is 0 Å². The number of anilines is 1. The quantitative estimate of drug-likeness (QED) is 0.675. The smallest absolute Gasteiger partial charge is 0.231 e. The molecule has 146 valence electrons. The molecule has 3 aromatic rings. The van der Waals surface area contributed by atoms with Gasteiger partial charge in [-0.05, 0) is 25.5 Å². The fourth-order valence-electron chi connectivity index (χ4n) is 3.07. The number of rotatable bonds is 6. The zero-order valence-corrected chi connectivity index (χ0v) is 15.3. The molecular weight excluding hydrogens is 370 g/mol. The molecule has 1 saturated carbocycles. The first-order valence-corrected chi connectivity index (χ1v) is 8.82. The van der Waals surface area contributed by atoms with Crippen LogP contribution in [0.5, 0.6) is 11.6 Å². The Labute approximate surface area is 159 Å². The van der Waals surface area contributed by atoms with Crippen LogP contribution in [0, 0.1) is 11.7 Å². The van der Waals surface area contributed by atoms with Crippen LogP contribution in [0.1, 0.15) is 13.3 Å². The molecule has 0 bridgehead atoms. The van der Waals surface area contributed by atoms with E-state index in [1.807, 2.05) is 0 Å². The minimum atomic E-state index is -1.08. The van der Waals surface area contributed by atoms with Crippen LogP contribution < -0.4 is 14.8 Å². The highest BCUT2D eigenvalue weighted by Gasteiger charge is 2.43. The summed E-state index contributed by atoms with van der Waals surface area (Å²) in [4.78, 5) is 23.3. The first kappa shape index (κ1) is 18.1. The maximum Gasteiger partial charge on any atom is 0.231 e. The molecule has 28 heavy (non-hydrogen) atoms. The molecule has 3 heterocycles. The fraction of sp³-hybridized carbons (Fsp3) is 0.316. The van der Waals surface area contributed by atoms with E-state index in [2.05, 4.69) is 20.3 Å². The summed E-state index contributed by atoms with van der Waals surface area (Å²) in [5.41, 5.74) is 1.43. The van der Waals surface area contributed by atoms with E-state index in [0.29, 0.717) is 34.6 Å². The number of H-pyrrole nitrogens is 1. The lowest BCUT2D eigenvalue weighted by molar-refractivity contribution is -0.117. The van der Waals surface area contributed by atoms with Crippen molar-refractivity contribution in [1.29, 1.82) is 0 Å². The number of hydrogen-bond acceptors (Lipinski definition) is 5. The molecule has 1 aliphatic rings. The average molecular weight is 388 g/mol. The van der Waals surface area contributed by atoms with E-state index in [0.717, 1.165) is 6.20 Å². The van der Waals surface area contributed by atoms with Gasteiger partial charge in [0.25, 0.3) is 0 Å². The second kappa shape index (κ2) is 7.06. The average Bonchev–Trinajstić information content (AvgIpc) is 3.28. The van der Waals surface area contributed by atoms with E-state index in [1.54, 1.807) is 25.3 Å². The second-order valence-corrected chi connectivity index (χ2v) is 6.39. The fourth-order valence-corrected chi connectivity index (χ4v) is 3.07. The first-order chi connectivity index (χ1) is 13.5. The Bertz CT molecular complexity index is 1050. The van der Waals surface area contributed by atoms with Crippen molar-refractivity contribution in [2.45, 2.75) is 19.5 Å². The molecule has 0 radical (unpaired) electrons. The molecule has 7 nitrogen and oxygen atoms in total. The van der Waals surface area contributed by atoms with Crippen molar-refractivity contribution >= 4 is 22.8 Å². The third kappa shape index (κ3) is 3.12. The van der Waals surface area contributed by atoms with E-state index < -0.39 is 17.9 Å². The van der Waals surface area contributed by atoms with Gasteiger partial charge in [0.2, 0.25) is 11.8 Å². The summed E-state index contributed by atoms with van der Waals surface area (Å²) in [6, 6.07) is 3.33. The first-order valence-electron chi connectivity index (χ1n) is 8.82. The van der Waals surface area contributed by atoms with Crippen molar-refractivity contribution in [3.8, 4) is 22.8 Å². The van der Waals surface area contributed by atoms with Crippen LogP contribution in [0.3, 0.4) is 0 Å². The standard InChI is InChI=1S/C19H18F2N4O3/c1-3-28-19-15(16(27-2)13(21)8-23-19)11-7-22-17-9(11)4-5-14(24-17)25-18(26)10-6-12(10)20/h4-5,7-8,10,12H,3,6H2,1-2H3,(H2,22,24,25,26)/t10-,12+/m1/s1. The second-order valence-electron chi connectivity index (χ2n) is 6.39. The van der Waals surface area contributed by atoms with Crippen molar-refractivity contribution in [3.63, 3.8) is 0 Å². The van der Waals surface area contributed by atoms with Crippen molar-refractivity contribution in [3.05, 3.63) is 30.3 Å². The number of hydrogen-bond donors (Lipinski definition) is 2. The molecule has 2 atom stereocenters. The van der Waals surface area contributed by atoms with Crippen LogP contribution in [0.15, 0.2) is 24.5 Å². The third-order valence-corrected chi connectivity index (χ3v) is 4.55. The summed E-state index contributed by atoms with van der Waals surface area (Å²) < 4.78 is 38.0. The van der Waals surface area contributed by atoms with Gasteiger partial charge in [-0.1, -0.05) is 0 Å². The minimum Gasteiger partial charge on any atom is -0.493 e. The van der Waals surface area contributed by atoms with Gasteiger partial charge in [-0.25, -0.2) is 18.7 Å². The Morgan fingerprint density at radius 2 is 2.21 bits per heavy atom. The van der Waals surface area contributed by atoms with E-state index in [-0.39, 0.29) is 24.0 Å². The number of nitrogens with zero attached hydrogens (tertiary/aromatic N) is 2. The van der Waals surface area contributed by atoms with Gasteiger partial charge in [0.05, 0.1) is 31.4 Å². The van der Waals surface area contributed by atoms with Gasteiger partial charge in [0.15, 0.2) is 11.6 Å². The Hall–Kier alpha value is -3.23. The van der Waals surface area contributed by atoms with Crippen LogP contribution in [-0.2, 0) is 4.79 Å². The highest BCUT2D eigenvalue weighted by Crippen LogP contribution is 2.42. The third-order valence-electron chi connectivity index (χ3n) is 4.55. The predicted octanol–water partition coefficient (Wildman–Crippen LogP) is 3.47. The van der Waals surface area contributed by atoms with Gasteiger partial charge in [-0.3, -0.25) is 4.79 Å². The molecule has 2 N–H and O–H groups in total. The minimum absolute atomic E-state index is 0.0134. The van der Waals surface area contributed by atoms with Crippen molar-refractivity contribution in [1.82, 2.24) is 15.0 Å². The maximum absolute atomic E-state index is 14.2. The molecule has 0 spiro atoms. The number of carbonyl (C=O) groups excluding carboxylic acids is 1. The van der Waals surface area contributed by atoms with Gasteiger partial charge >= 0.3 is 0 Å². The SMILES string of the molecule is CCOc1ncc(F)c(OC)c1-c1c[nH]c2nc(NC(=O)[C@@H]3C[C@@H]3F)ccc12. The monoisotopic (exact) mass is 388 g/mol. The maximum atomic E-state index is 14.2. The number of pyridine rings is 2. The van der Waals surface area contributed by atoms with Crippen LogP contribution in [-0.4, -0.2) is 40.7 Å². The Balaban J connectivity index is 1.74. The number of aromatic amines is 1. The van der Waals surface area contributed by atoms with Gasteiger partial charge in [-0.2, -0.15) is 0 Å². The van der Waals surface area contributed by atoms with Crippen molar-refractivity contribution < 1.29 is 23.0 Å². The largest absolute Gasteiger partial charge is 0.493 e. The highest BCUT2D eigenvalue weighted by molar-refractivity contribution is 5.99. The molecule has 9 heteroatoms. The van der Waals surface area contributed by atoms with E-state index in [4.69, 9.17) is 9.47 Å². The summed E-state index contributed by atoms with van der Waals surface area (Å²) in [6.45, 7) is 2.15. The van der Waals surface area contributed by atoms with Gasteiger partial charge in [0.1, 0.15) is 17.6 Å². The zero-order chi connectivity index (χ0) is 19.8. The summed E-state index contributed by atoms with van der Waals surface area (Å²) >= 11 is 0. The number of methoxy groups -OCH3 is 1. The summed E-state index contributed by atoms with van der Waals surface area (Å²) in [6.07, 6.45) is 1.85. The van der Waals surface area contributed by atoms with E-state index in [1.165, 1.54) is 7.11 Å². The van der Waals surface area contributed by atoms with Crippen LogP contribution in [0.25, 0.3) is 22.2 Å². The highest BCUT2D eigenvalue weighted by atomic mass is 19.1. The zero-order valence-electron chi connectivity index (χ0n) is 15.3. The summed E-state index contributed by atoms with van der Waals surface area (Å²) in [7, 11) is 1.37. The van der Waals surface area contributed by atoms with Gasteiger partial charge in [0, 0.05) is 17.1 Å². The molecule has 0 aromatic carbocycles. The normalized spacial score (nSPS) is 18.1. The Kier molecular flexibility index (Phi) is 4.58. The Morgan fingerprint density at radius 3 is 2.89 bits per heavy atom. The topological polar surface area (TPSA) is 89.1 Å². The molecule has 4 rings (SSSR count). The lowest BCUT2D eigenvalue weighted by Gasteiger charge is -2.13. The van der Waals surface area contributed by atoms with Gasteiger partial charge in [-0.15, -0.1) is 0 Å². The number of carbonyl (C=O) groups is 1. The molecule has 1 aliphatic carbocycles. The summed E-state index contributed by atoms with van der Waals surface area (Å²) in [5, 5.41) is 3.27. The molecule has 3 aromatic heterocycles. The molecule has 0 aliphatic heterocycles. The van der Waals surface area contributed by atoms with Crippen LogP contribution in [0.2, 0.25) is 0 Å². The number of fused-ring (bicyclic) bond motifs is 1. The number of aromatic nitrogens is 3. The predicted molar refractivity (Wildman–Crippen MR) is 98.6 cm³/mol. The lowest BCUT2D eigenvalue weighted by Crippen LogP contribution is -2.15. The summed E-state index contributed by atoms with van der Waals surface area (Å²) in [5.74, 6) is -1.05. The molecule has 0 saturated heterocycles. The number of halogens is 2. The van der Waals surface area contributed by atoms with E-state index in [9.17, 15) is 13.6 Å². The molecular formula is C19H18F2N4O3. The number of nitrogens with one attached hydrogen (secondary N) is 2. The van der Waals surface area contributed by atoms with Crippen LogP contribution in [0.4, 0.5) is 14.6 Å². The lowest BCUT2D eigenvalue weighted by atomic mass is 10.1. The number of ether oxygens (including phenoxy) is 2. The van der Waals surface area contributed by atoms with Crippen molar-refractivity contribution in [2.24, 2.45) is 5.92 Å². The number of alkyl halides is 1. The molecule has 1 fully saturated rings. The number of amides is 1. The molecule has 0 unspecified atom stereocenters. The van der Waals surface area contributed by atoms with Crippen molar-refractivity contribution in [2.75, 3.05) is 19.0 Å².